The van der Waals surface area contributed by atoms with Crippen molar-refractivity contribution in [1.29, 1.82) is 0 Å². The average Bonchev–Trinajstić information content (AvgIpc) is 2.58. The van der Waals surface area contributed by atoms with Crippen LogP contribution in [-0.2, 0) is 4.79 Å². The second kappa shape index (κ2) is 9.74. The molecule has 2 rings (SSSR count). The van der Waals surface area contributed by atoms with E-state index in [0.29, 0.717) is 43.4 Å². The van der Waals surface area contributed by atoms with Gasteiger partial charge in [-0.25, -0.2) is 0 Å². The van der Waals surface area contributed by atoms with Crippen LogP contribution in [0.2, 0.25) is 5.02 Å². The molecule has 0 unspecified atom stereocenters. The van der Waals surface area contributed by atoms with E-state index in [9.17, 15) is 4.79 Å². The van der Waals surface area contributed by atoms with Crippen LogP contribution >= 0.6 is 11.6 Å². The van der Waals surface area contributed by atoms with Crippen LogP contribution < -0.4 is 14.8 Å². The molecule has 0 aromatic heterocycles. The van der Waals surface area contributed by atoms with Crippen LogP contribution in [0.3, 0.4) is 0 Å². The second-order valence-corrected chi connectivity index (χ2v) is 5.30. The number of carbonyl (C=O) groups excluding carboxylic acids is 1. The fourth-order valence-corrected chi connectivity index (χ4v) is 2.13. The third kappa shape index (κ3) is 6.61. The summed E-state index contributed by atoms with van der Waals surface area (Å²) < 4.78 is 11.0. The van der Waals surface area contributed by atoms with Crippen molar-refractivity contribution < 1.29 is 14.3 Å². The second-order valence-electron chi connectivity index (χ2n) is 4.89. The molecule has 0 bridgehead atoms. The molecule has 23 heavy (non-hydrogen) atoms. The standard InChI is InChI=1S/C18H20ClNO3/c19-16-9-4-5-10-17(16)23-14-12-20-18(21)11-6-13-22-15-7-2-1-3-8-15/h1-5,7-10H,6,11-14H2,(H,20,21). The lowest BCUT2D eigenvalue weighted by atomic mass is 10.3. The first-order chi connectivity index (χ1) is 11.3. The molecule has 5 heteroatoms. The lowest BCUT2D eigenvalue weighted by Gasteiger charge is -2.09. The van der Waals surface area contributed by atoms with Crippen molar-refractivity contribution in [3.8, 4) is 11.5 Å². The van der Waals surface area contributed by atoms with Gasteiger partial charge in [-0.1, -0.05) is 41.9 Å². The number of halogens is 1. The summed E-state index contributed by atoms with van der Waals surface area (Å²) in [4.78, 5) is 11.7. The minimum atomic E-state index is -0.00980. The highest BCUT2D eigenvalue weighted by Crippen LogP contribution is 2.22. The van der Waals surface area contributed by atoms with Gasteiger partial charge in [0.2, 0.25) is 5.91 Å². The highest BCUT2D eigenvalue weighted by Gasteiger charge is 2.03. The average molecular weight is 334 g/mol. The third-order valence-corrected chi connectivity index (χ3v) is 3.39. The highest BCUT2D eigenvalue weighted by atomic mass is 35.5. The summed E-state index contributed by atoms with van der Waals surface area (Å²) in [7, 11) is 0. The quantitative estimate of drug-likeness (QED) is 0.712. The zero-order chi connectivity index (χ0) is 16.3. The van der Waals surface area contributed by atoms with Gasteiger partial charge in [-0.2, -0.15) is 0 Å². The minimum Gasteiger partial charge on any atom is -0.494 e. The molecule has 0 aliphatic rings. The maximum atomic E-state index is 11.7. The Morgan fingerprint density at radius 3 is 2.48 bits per heavy atom. The van der Waals surface area contributed by atoms with E-state index in [4.69, 9.17) is 21.1 Å². The number of rotatable bonds is 9. The van der Waals surface area contributed by atoms with Gasteiger partial charge in [0.15, 0.2) is 0 Å². The van der Waals surface area contributed by atoms with Crippen molar-refractivity contribution in [2.45, 2.75) is 12.8 Å². The van der Waals surface area contributed by atoms with Crippen LogP contribution in [0.1, 0.15) is 12.8 Å². The number of nitrogens with one attached hydrogen (secondary N) is 1. The summed E-state index contributed by atoms with van der Waals surface area (Å²) in [6.07, 6.45) is 1.10. The molecule has 0 spiro atoms. The Morgan fingerprint density at radius 1 is 0.957 bits per heavy atom. The Morgan fingerprint density at radius 2 is 1.70 bits per heavy atom. The third-order valence-electron chi connectivity index (χ3n) is 3.08. The first-order valence-electron chi connectivity index (χ1n) is 7.57. The number of ether oxygens (including phenoxy) is 2. The van der Waals surface area contributed by atoms with E-state index in [1.807, 2.05) is 42.5 Å². The van der Waals surface area contributed by atoms with Gasteiger partial charge >= 0.3 is 0 Å². The smallest absolute Gasteiger partial charge is 0.220 e. The Balaban J connectivity index is 1.53. The summed E-state index contributed by atoms with van der Waals surface area (Å²) in [5.74, 6) is 1.44. The maximum absolute atomic E-state index is 11.7. The predicted octanol–water partition coefficient (Wildman–Crippen LogP) is 3.69. The maximum Gasteiger partial charge on any atom is 0.220 e. The van der Waals surface area contributed by atoms with Crippen LogP contribution in [0.4, 0.5) is 0 Å². The number of benzene rings is 2. The predicted molar refractivity (Wildman–Crippen MR) is 91.1 cm³/mol. The first kappa shape index (κ1) is 17.2. The molecule has 122 valence electrons. The molecule has 0 aliphatic heterocycles. The summed E-state index contributed by atoms with van der Waals surface area (Å²) in [6.45, 7) is 1.35. The molecular formula is C18H20ClNO3. The van der Waals surface area contributed by atoms with Gasteiger partial charge in [-0.3, -0.25) is 4.79 Å². The van der Waals surface area contributed by atoms with Crippen molar-refractivity contribution in [3.05, 3.63) is 59.6 Å². The van der Waals surface area contributed by atoms with Crippen molar-refractivity contribution in [3.63, 3.8) is 0 Å². The number of amides is 1. The fourth-order valence-electron chi connectivity index (χ4n) is 1.94. The molecule has 0 saturated carbocycles. The van der Waals surface area contributed by atoms with Crippen LogP contribution in [0.25, 0.3) is 0 Å². The largest absolute Gasteiger partial charge is 0.494 e. The van der Waals surface area contributed by atoms with E-state index in [-0.39, 0.29) is 5.91 Å². The van der Waals surface area contributed by atoms with Crippen LogP contribution in [0.5, 0.6) is 11.5 Å². The lowest BCUT2D eigenvalue weighted by Crippen LogP contribution is -2.28. The zero-order valence-corrected chi connectivity index (χ0v) is 13.6. The molecule has 2 aromatic rings. The number of para-hydroxylation sites is 2. The molecule has 1 N–H and O–H groups in total. The van der Waals surface area contributed by atoms with Gasteiger partial charge in [0.05, 0.1) is 18.2 Å². The summed E-state index contributed by atoms with van der Waals surface area (Å²) in [5.41, 5.74) is 0. The van der Waals surface area contributed by atoms with E-state index in [2.05, 4.69) is 5.32 Å². The molecule has 0 aliphatic carbocycles. The van der Waals surface area contributed by atoms with Gasteiger partial charge in [-0.15, -0.1) is 0 Å². The molecule has 2 aromatic carbocycles. The SMILES string of the molecule is O=C(CCCOc1ccccc1)NCCOc1ccccc1Cl. The van der Waals surface area contributed by atoms with Gasteiger partial charge in [0.1, 0.15) is 18.1 Å². The number of hydrogen-bond acceptors (Lipinski definition) is 3. The fraction of sp³-hybridized carbons (Fsp3) is 0.278. The van der Waals surface area contributed by atoms with Crippen LogP contribution in [0, 0.1) is 0 Å². The lowest BCUT2D eigenvalue weighted by molar-refractivity contribution is -0.121. The highest BCUT2D eigenvalue weighted by molar-refractivity contribution is 6.32. The molecule has 0 fully saturated rings. The molecule has 0 saturated heterocycles. The van der Waals surface area contributed by atoms with Gasteiger partial charge in [0.25, 0.3) is 0 Å². The molecule has 0 atom stereocenters. The van der Waals surface area contributed by atoms with Crippen molar-refractivity contribution in [2.75, 3.05) is 19.8 Å². The molecule has 0 radical (unpaired) electrons. The van der Waals surface area contributed by atoms with E-state index in [1.54, 1.807) is 12.1 Å². The normalized spacial score (nSPS) is 10.1. The van der Waals surface area contributed by atoms with Gasteiger partial charge in [0, 0.05) is 6.42 Å². The topological polar surface area (TPSA) is 47.6 Å². The first-order valence-corrected chi connectivity index (χ1v) is 7.95. The minimum absolute atomic E-state index is 0.00980. The van der Waals surface area contributed by atoms with E-state index >= 15 is 0 Å². The monoisotopic (exact) mass is 333 g/mol. The molecule has 1 amide bonds. The Kier molecular flexibility index (Phi) is 7.27. The molecule has 0 heterocycles. The Hall–Kier alpha value is -2.20. The van der Waals surface area contributed by atoms with Gasteiger partial charge < -0.3 is 14.8 Å². The molecular weight excluding hydrogens is 314 g/mol. The summed E-state index contributed by atoms with van der Waals surface area (Å²) in [6, 6.07) is 16.8. The van der Waals surface area contributed by atoms with E-state index < -0.39 is 0 Å². The van der Waals surface area contributed by atoms with Crippen molar-refractivity contribution in [2.24, 2.45) is 0 Å². The van der Waals surface area contributed by atoms with Crippen LogP contribution in [-0.4, -0.2) is 25.7 Å². The van der Waals surface area contributed by atoms with E-state index in [0.717, 1.165) is 5.75 Å². The van der Waals surface area contributed by atoms with Crippen molar-refractivity contribution >= 4 is 17.5 Å². The van der Waals surface area contributed by atoms with Crippen molar-refractivity contribution in [1.82, 2.24) is 5.32 Å². The summed E-state index contributed by atoms with van der Waals surface area (Å²) >= 11 is 5.97. The Labute approximate surface area is 141 Å². The van der Waals surface area contributed by atoms with E-state index in [1.165, 1.54) is 0 Å². The molecule has 4 nitrogen and oxygen atoms in total. The van der Waals surface area contributed by atoms with Gasteiger partial charge in [-0.05, 0) is 30.7 Å². The Bertz CT molecular complexity index is 604. The van der Waals surface area contributed by atoms with Crippen LogP contribution in [0.15, 0.2) is 54.6 Å². The number of carbonyl (C=O) groups is 1. The zero-order valence-electron chi connectivity index (χ0n) is 12.8. The number of hydrogen-bond donors (Lipinski definition) is 1. The summed E-state index contributed by atoms with van der Waals surface area (Å²) in [5, 5.41) is 3.38.